The monoisotopic (exact) mass is 153 g/mol. The number of phosphoric acid groups is 1. The third-order valence-electron chi connectivity index (χ3n) is 0.992. The Balaban J connectivity index is 1.97. The molecule has 0 aliphatic carbocycles. The van der Waals surface area contributed by atoms with E-state index >= 15 is 0 Å². The molecule has 3 heterocycles. The van der Waals surface area contributed by atoms with E-state index in [1.165, 1.54) is 0 Å². The lowest BCUT2D eigenvalue weighted by Gasteiger charge is -2.54. The van der Waals surface area contributed by atoms with Crippen molar-refractivity contribution < 1.29 is 23.2 Å². The van der Waals surface area contributed by atoms with Crippen molar-refractivity contribution in [2.75, 3.05) is 6.73 Å². The van der Waals surface area contributed by atoms with E-state index in [9.17, 15) is 4.57 Å². The summed E-state index contributed by atoms with van der Waals surface area (Å²) in [6.07, 6.45) is -1.38. The molecule has 0 saturated carbocycles. The molecule has 2 bridgehead atoms. The molecule has 6 nitrogen and oxygen atoms in total. The third kappa shape index (κ3) is 0.602. The highest BCUT2D eigenvalue weighted by Gasteiger charge is 2.75. The van der Waals surface area contributed by atoms with E-state index in [-0.39, 0.29) is 6.73 Å². The second-order valence-electron chi connectivity index (χ2n) is 1.61. The highest BCUT2D eigenvalue weighted by atomic mass is 31.2. The van der Waals surface area contributed by atoms with Crippen LogP contribution in [0.5, 0.6) is 0 Å². The molecule has 0 spiro atoms. The summed E-state index contributed by atoms with van der Waals surface area (Å²) < 4.78 is 23.9. The predicted octanol–water partition coefficient (Wildman–Crippen LogP) is -0.678. The first-order chi connectivity index (χ1) is 4.18. The normalized spacial score (nSPS) is 53.9. The second kappa shape index (κ2) is 1.37. The fraction of sp³-hybridized carbons (Fsp3) is 1.00. The van der Waals surface area contributed by atoms with Crippen LogP contribution in [0.15, 0.2) is 0 Å². The van der Waals surface area contributed by atoms with Crippen molar-refractivity contribution in [3.63, 3.8) is 0 Å². The summed E-state index contributed by atoms with van der Waals surface area (Å²) in [6.45, 7) is -0.347. The zero-order valence-electron chi connectivity index (χ0n) is 4.23. The number of hydrogen-bond acceptors (Lipinski definition) is 6. The molecule has 3 saturated heterocycles. The maximum absolute atomic E-state index is 10.4. The fourth-order valence-corrected chi connectivity index (χ4v) is 1.77. The Labute approximate surface area is 50.3 Å². The summed E-state index contributed by atoms with van der Waals surface area (Å²) in [6, 6.07) is 0. The molecule has 0 amide bonds. The van der Waals surface area contributed by atoms with Crippen molar-refractivity contribution >= 4 is 7.82 Å². The standard InChI is InChI=1S/C2H4NO5P/c4-1-3-2-6-9(5,7-2)8-2/h3-4H,1H2. The van der Waals surface area contributed by atoms with E-state index in [0.717, 1.165) is 0 Å². The highest BCUT2D eigenvalue weighted by molar-refractivity contribution is 7.51. The number of rotatable bonds is 2. The molecule has 0 aromatic rings. The first-order valence-electron chi connectivity index (χ1n) is 2.26. The summed E-state index contributed by atoms with van der Waals surface area (Å²) in [4.78, 5) is 0. The molecule has 0 atom stereocenters. The van der Waals surface area contributed by atoms with Crippen LogP contribution in [0.25, 0.3) is 0 Å². The maximum atomic E-state index is 10.4. The summed E-state index contributed by atoms with van der Waals surface area (Å²) in [5.74, 6) is 0. The predicted molar refractivity (Wildman–Crippen MR) is 23.8 cm³/mol. The molecule has 2 N–H and O–H groups in total. The zero-order valence-corrected chi connectivity index (χ0v) is 5.13. The van der Waals surface area contributed by atoms with Crippen LogP contribution in [0.4, 0.5) is 0 Å². The average Bonchev–Trinajstić information content (AvgIpc) is 1.60. The van der Waals surface area contributed by atoms with E-state index in [1.54, 1.807) is 0 Å². The minimum atomic E-state index is -3.09. The highest BCUT2D eigenvalue weighted by Crippen LogP contribution is 2.78. The van der Waals surface area contributed by atoms with E-state index in [0.29, 0.717) is 0 Å². The molecule has 3 rings (SSSR count). The maximum Gasteiger partial charge on any atom is 0.491 e. The molecular weight excluding hydrogens is 149 g/mol. The Kier molecular flexibility index (Phi) is 0.880. The van der Waals surface area contributed by atoms with E-state index in [1.807, 2.05) is 0 Å². The Morgan fingerprint density at radius 1 is 1.56 bits per heavy atom. The van der Waals surface area contributed by atoms with E-state index in [2.05, 4.69) is 18.9 Å². The van der Waals surface area contributed by atoms with Gasteiger partial charge in [-0.15, -0.1) is 0 Å². The van der Waals surface area contributed by atoms with Gasteiger partial charge in [0.05, 0.1) is 6.73 Å². The van der Waals surface area contributed by atoms with Crippen LogP contribution in [-0.4, -0.2) is 17.9 Å². The molecule has 3 aliphatic rings. The van der Waals surface area contributed by atoms with Gasteiger partial charge in [0.1, 0.15) is 0 Å². The van der Waals surface area contributed by atoms with Gasteiger partial charge in [-0.2, -0.15) is 0 Å². The molecule has 3 fully saturated rings. The molecule has 52 valence electrons. The second-order valence-corrected chi connectivity index (χ2v) is 3.05. The van der Waals surface area contributed by atoms with Gasteiger partial charge >= 0.3 is 13.9 Å². The first kappa shape index (κ1) is 5.79. The van der Waals surface area contributed by atoms with Crippen LogP contribution in [-0.2, 0) is 18.1 Å². The Morgan fingerprint density at radius 3 is 2.44 bits per heavy atom. The van der Waals surface area contributed by atoms with Crippen LogP contribution < -0.4 is 5.32 Å². The number of aliphatic hydroxyl groups excluding tert-OH is 1. The minimum absolute atomic E-state index is 0.347. The smallest absolute Gasteiger partial charge is 0.381 e. The molecular formula is C2H4NO5P. The van der Waals surface area contributed by atoms with Crippen LogP contribution >= 0.6 is 7.82 Å². The summed E-state index contributed by atoms with van der Waals surface area (Å²) in [5.41, 5.74) is 0. The molecule has 7 heteroatoms. The van der Waals surface area contributed by atoms with Crippen molar-refractivity contribution in [3.8, 4) is 0 Å². The Hall–Kier alpha value is 0.0300. The third-order valence-corrected chi connectivity index (χ3v) is 2.38. The molecule has 0 aromatic heterocycles. The number of hydrogen-bond donors (Lipinski definition) is 2. The topological polar surface area (TPSA) is 77.0 Å². The zero-order chi connectivity index (χ0) is 6.54. The molecule has 0 unspecified atom stereocenters. The summed E-state index contributed by atoms with van der Waals surface area (Å²) >= 11 is 0. The van der Waals surface area contributed by atoms with Crippen LogP contribution in [0.3, 0.4) is 0 Å². The SMILES string of the molecule is O=P12OC(NCO)(O1)O2. The molecule has 0 radical (unpaired) electrons. The first-order valence-corrected chi connectivity index (χ1v) is 3.72. The molecule has 0 aromatic carbocycles. The van der Waals surface area contributed by atoms with Gasteiger partial charge in [-0.25, -0.2) is 23.5 Å². The number of nitrogens with one attached hydrogen (secondary N) is 1. The lowest BCUT2D eigenvalue weighted by atomic mass is 10.9. The van der Waals surface area contributed by atoms with E-state index < -0.39 is 13.9 Å². The minimum Gasteiger partial charge on any atom is -0.381 e. The fourth-order valence-electron chi connectivity index (χ4n) is 0.656. The lowest BCUT2D eigenvalue weighted by molar-refractivity contribution is -0.446. The van der Waals surface area contributed by atoms with Crippen molar-refractivity contribution in [1.29, 1.82) is 0 Å². The molecule has 3 aliphatic heterocycles. The van der Waals surface area contributed by atoms with Crippen molar-refractivity contribution in [3.05, 3.63) is 0 Å². The largest absolute Gasteiger partial charge is 0.491 e. The summed E-state index contributed by atoms with van der Waals surface area (Å²) in [5, 5.41) is 10.5. The Morgan fingerprint density at radius 2 is 2.11 bits per heavy atom. The molecule has 9 heavy (non-hydrogen) atoms. The van der Waals surface area contributed by atoms with Gasteiger partial charge in [0.25, 0.3) is 0 Å². The average molecular weight is 153 g/mol. The van der Waals surface area contributed by atoms with Gasteiger partial charge in [-0.1, -0.05) is 0 Å². The van der Waals surface area contributed by atoms with Crippen molar-refractivity contribution in [2.24, 2.45) is 0 Å². The quantitative estimate of drug-likeness (QED) is 0.404. The van der Waals surface area contributed by atoms with Gasteiger partial charge < -0.3 is 5.11 Å². The van der Waals surface area contributed by atoms with E-state index in [4.69, 9.17) is 5.11 Å². The number of phosphoric ester groups is 1. The van der Waals surface area contributed by atoms with Gasteiger partial charge in [0.2, 0.25) is 0 Å². The number of aliphatic hydroxyl groups is 1. The van der Waals surface area contributed by atoms with Gasteiger partial charge in [0.15, 0.2) is 0 Å². The van der Waals surface area contributed by atoms with Gasteiger partial charge in [-0.05, 0) is 0 Å². The van der Waals surface area contributed by atoms with Crippen LogP contribution in [0, 0.1) is 0 Å². The summed E-state index contributed by atoms with van der Waals surface area (Å²) in [7, 11) is -3.09. The van der Waals surface area contributed by atoms with Gasteiger partial charge in [0, 0.05) is 0 Å². The Bertz CT molecular complexity index is 165. The van der Waals surface area contributed by atoms with Crippen LogP contribution in [0.1, 0.15) is 0 Å². The van der Waals surface area contributed by atoms with Crippen LogP contribution in [0.2, 0.25) is 0 Å². The van der Waals surface area contributed by atoms with Crippen molar-refractivity contribution in [1.82, 2.24) is 5.32 Å². The van der Waals surface area contributed by atoms with Crippen molar-refractivity contribution in [2.45, 2.75) is 6.10 Å². The van der Waals surface area contributed by atoms with Gasteiger partial charge in [-0.3, -0.25) is 0 Å². The lowest BCUT2D eigenvalue weighted by Crippen LogP contribution is -2.66.